The average molecular weight is 513 g/mol. The molecule has 0 saturated heterocycles. The molecule has 0 bridgehead atoms. The van der Waals surface area contributed by atoms with Crippen LogP contribution in [-0.4, -0.2) is 47.5 Å². The largest absolute Gasteiger partial charge is 0.463 e. The van der Waals surface area contributed by atoms with Gasteiger partial charge in [-0.2, -0.15) is 0 Å². The molecule has 0 saturated carbocycles. The number of carbonyl (C=O) groups is 4. The third-order valence-corrected chi connectivity index (χ3v) is 4.56. The molecule has 2 unspecified atom stereocenters. The molecule has 0 fully saturated rings. The molecule has 0 aromatic heterocycles. The van der Waals surface area contributed by atoms with Crippen LogP contribution in [0.25, 0.3) is 0 Å². The van der Waals surface area contributed by atoms with E-state index in [-0.39, 0.29) is 54.8 Å². The summed E-state index contributed by atoms with van der Waals surface area (Å²) in [6.07, 6.45) is 0.210. The second kappa shape index (κ2) is 15.4. The third kappa shape index (κ3) is 14.5. The zero-order chi connectivity index (χ0) is 28.0. The standard InChI is InChI=1S/C15H21NO3.C14H19NO3/c1-11(10-13(17)19-15(2,3)4)16-14(18)12-8-6-5-7-9-12;1-10(2)18-13(16)9-11(3)15-14(17)12-7-5-4-6-8-12/h5-9,11H,10H2,1-4H3,(H,16,18);4-8,10-11H,9H2,1-3H3,(H,15,17). The number of esters is 2. The van der Waals surface area contributed by atoms with Gasteiger partial charge in [0.2, 0.25) is 0 Å². The lowest BCUT2D eigenvalue weighted by Gasteiger charge is -2.21. The topological polar surface area (TPSA) is 111 Å². The van der Waals surface area contributed by atoms with Gasteiger partial charge in [-0.05, 0) is 72.7 Å². The highest BCUT2D eigenvalue weighted by Crippen LogP contribution is 2.09. The van der Waals surface area contributed by atoms with Crippen molar-refractivity contribution >= 4 is 23.8 Å². The van der Waals surface area contributed by atoms with Gasteiger partial charge in [-0.25, -0.2) is 0 Å². The Hall–Kier alpha value is -3.68. The van der Waals surface area contributed by atoms with E-state index in [0.717, 1.165) is 0 Å². The molecular weight excluding hydrogens is 472 g/mol. The SMILES string of the molecule is CC(CC(=O)OC(C)(C)C)NC(=O)c1ccccc1.CC(CC(=O)OC(C)C)NC(=O)c1ccccc1. The molecule has 2 atom stereocenters. The van der Waals surface area contributed by atoms with Crippen molar-refractivity contribution in [1.82, 2.24) is 10.6 Å². The third-order valence-electron chi connectivity index (χ3n) is 4.56. The monoisotopic (exact) mass is 512 g/mol. The molecule has 0 radical (unpaired) electrons. The fourth-order valence-electron chi connectivity index (χ4n) is 3.09. The van der Waals surface area contributed by atoms with Crippen LogP contribution in [0.2, 0.25) is 0 Å². The first-order valence-corrected chi connectivity index (χ1v) is 12.4. The minimum Gasteiger partial charge on any atom is -0.463 e. The highest BCUT2D eigenvalue weighted by molar-refractivity contribution is 5.95. The van der Waals surface area contributed by atoms with E-state index in [1.54, 1.807) is 76.2 Å². The van der Waals surface area contributed by atoms with Crippen molar-refractivity contribution in [1.29, 1.82) is 0 Å². The maximum Gasteiger partial charge on any atom is 0.308 e. The molecule has 202 valence electrons. The highest BCUT2D eigenvalue weighted by Gasteiger charge is 2.19. The number of hydrogen-bond donors (Lipinski definition) is 2. The lowest BCUT2D eigenvalue weighted by molar-refractivity contribution is -0.155. The zero-order valence-electron chi connectivity index (χ0n) is 22.9. The maximum absolute atomic E-state index is 11.9. The Kier molecular flexibility index (Phi) is 13.1. The van der Waals surface area contributed by atoms with Crippen molar-refractivity contribution in [3.8, 4) is 0 Å². The highest BCUT2D eigenvalue weighted by atomic mass is 16.6. The van der Waals surface area contributed by atoms with Gasteiger partial charge in [-0.15, -0.1) is 0 Å². The fourth-order valence-corrected chi connectivity index (χ4v) is 3.09. The molecule has 2 aromatic carbocycles. The van der Waals surface area contributed by atoms with Crippen LogP contribution in [0, 0.1) is 0 Å². The molecule has 8 nitrogen and oxygen atoms in total. The van der Waals surface area contributed by atoms with Gasteiger partial charge in [-0.1, -0.05) is 36.4 Å². The van der Waals surface area contributed by atoms with Gasteiger partial charge in [0.05, 0.1) is 18.9 Å². The molecule has 0 heterocycles. The van der Waals surface area contributed by atoms with Crippen molar-refractivity contribution < 1.29 is 28.7 Å². The smallest absolute Gasteiger partial charge is 0.308 e. The molecule has 37 heavy (non-hydrogen) atoms. The van der Waals surface area contributed by atoms with Crippen molar-refractivity contribution in [2.24, 2.45) is 0 Å². The zero-order valence-corrected chi connectivity index (χ0v) is 22.9. The minimum atomic E-state index is -0.500. The second-order valence-electron chi connectivity index (χ2n) is 10.0. The summed E-state index contributed by atoms with van der Waals surface area (Å²) >= 11 is 0. The molecule has 2 amide bonds. The van der Waals surface area contributed by atoms with Crippen LogP contribution < -0.4 is 10.6 Å². The number of carbonyl (C=O) groups excluding carboxylic acids is 4. The van der Waals surface area contributed by atoms with Crippen molar-refractivity contribution in [3.63, 3.8) is 0 Å². The van der Waals surface area contributed by atoms with Crippen LogP contribution in [-0.2, 0) is 19.1 Å². The van der Waals surface area contributed by atoms with Crippen molar-refractivity contribution in [2.75, 3.05) is 0 Å². The van der Waals surface area contributed by atoms with Crippen LogP contribution in [0.3, 0.4) is 0 Å². The summed E-state index contributed by atoms with van der Waals surface area (Å²) in [5.41, 5.74) is 0.667. The average Bonchev–Trinajstić information content (AvgIpc) is 2.78. The Labute approximate surface area is 220 Å². The van der Waals surface area contributed by atoms with Gasteiger partial charge in [0, 0.05) is 23.2 Å². The fraction of sp³-hybridized carbons (Fsp3) is 0.448. The predicted octanol–water partition coefficient (Wildman–Crippen LogP) is 4.68. The first kappa shape index (κ1) is 31.4. The first-order valence-electron chi connectivity index (χ1n) is 12.4. The van der Waals surface area contributed by atoms with E-state index < -0.39 is 5.60 Å². The summed E-state index contributed by atoms with van der Waals surface area (Å²) in [6, 6.07) is 17.3. The molecule has 2 aromatic rings. The Morgan fingerprint density at radius 3 is 1.41 bits per heavy atom. The van der Waals surface area contributed by atoms with Crippen LogP contribution >= 0.6 is 0 Å². The Balaban J connectivity index is 0.000000371. The van der Waals surface area contributed by atoms with Crippen molar-refractivity contribution in [3.05, 3.63) is 71.8 Å². The quantitative estimate of drug-likeness (QED) is 0.472. The molecule has 0 spiro atoms. The van der Waals surface area contributed by atoms with Crippen LogP contribution in [0.5, 0.6) is 0 Å². The van der Waals surface area contributed by atoms with E-state index in [9.17, 15) is 19.2 Å². The summed E-state index contributed by atoms with van der Waals surface area (Å²) < 4.78 is 10.2. The predicted molar refractivity (Wildman–Crippen MR) is 143 cm³/mol. The molecule has 2 N–H and O–H groups in total. The maximum atomic E-state index is 11.9. The van der Waals surface area contributed by atoms with Gasteiger partial charge in [0.25, 0.3) is 11.8 Å². The van der Waals surface area contributed by atoms with Gasteiger partial charge in [0.1, 0.15) is 5.60 Å². The van der Waals surface area contributed by atoms with Crippen LogP contribution in [0.4, 0.5) is 0 Å². The minimum absolute atomic E-state index is 0.130. The lowest BCUT2D eigenvalue weighted by Crippen LogP contribution is -2.36. The van der Waals surface area contributed by atoms with E-state index in [2.05, 4.69) is 10.6 Å². The number of benzene rings is 2. The summed E-state index contributed by atoms with van der Waals surface area (Å²) in [4.78, 5) is 46.7. The van der Waals surface area contributed by atoms with Gasteiger partial charge in [-0.3, -0.25) is 19.2 Å². The van der Waals surface area contributed by atoms with E-state index in [1.165, 1.54) is 0 Å². The van der Waals surface area contributed by atoms with E-state index in [1.807, 2.05) is 32.9 Å². The van der Waals surface area contributed by atoms with Crippen molar-refractivity contribution in [2.45, 2.75) is 85.1 Å². The summed E-state index contributed by atoms with van der Waals surface area (Å²) in [5, 5.41) is 5.53. The summed E-state index contributed by atoms with van der Waals surface area (Å²) in [7, 11) is 0. The number of hydrogen-bond acceptors (Lipinski definition) is 6. The first-order chi connectivity index (χ1) is 17.3. The molecule has 2 rings (SSSR count). The summed E-state index contributed by atoms with van der Waals surface area (Å²) in [6.45, 7) is 12.6. The van der Waals surface area contributed by atoms with Crippen LogP contribution in [0.15, 0.2) is 60.7 Å². The Morgan fingerprint density at radius 1 is 0.676 bits per heavy atom. The Morgan fingerprint density at radius 2 is 1.05 bits per heavy atom. The van der Waals surface area contributed by atoms with Gasteiger partial charge >= 0.3 is 11.9 Å². The molecule has 0 aliphatic carbocycles. The number of amides is 2. The molecule has 8 heteroatoms. The number of nitrogens with one attached hydrogen (secondary N) is 2. The van der Waals surface area contributed by atoms with Crippen LogP contribution in [0.1, 0.15) is 82.0 Å². The Bertz CT molecular complexity index is 1000. The summed E-state index contributed by atoms with van der Waals surface area (Å²) in [5.74, 6) is -0.976. The number of ether oxygens (including phenoxy) is 2. The molecule has 0 aliphatic heterocycles. The van der Waals surface area contributed by atoms with E-state index >= 15 is 0 Å². The molecule has 0 aliphatic rings. The normalized spacial score (nSPS) is 12.3. The molecular formula is C29H40N2O6. The van der Waals surface area contributed by atoms with E-state index in [4.69, 9.17) is 9.47 Å². The van der Waals surface area contributed by atoms with Gasteiger partial charge < -0.3 is 20.1 Å². The second-order valence-corrected chi connectivity index (χ2v) is 10.0. The van der Waals surface area contributed by atoms with Gasteiger partial charge in [0.15, 0.2) is 0 Å². The lowest BCUT2D eigenvalue weighted by atomic mass is 10.1. The van der Waals surface area contributed by atoms with E-state index in [0.29, 0.717) is 11.1 Å². The number of rotatable bonds is 9.